The van der Waals surface area contributed by atoms with E-state index in [-0.39, 0.29) is 5.91 Å². The molecule has 1 saturated heterocycles. The van der Waals surface area contributed by atoms with Gasteiger partial charge in [-0.05, 0) is 43.5 Å². The van der Waals surface area contributed by atoms with Gasteiger partial charge in [-0.2, -0.15) is 0 Å². The molecule has 3 rings (SSSR count). The van der Waals surface area contributed by atoms with E-state index < -0.39 is 0 Å². The Hall–Kier alpha value is -2.07. The van der Waals surface area contributed by atoms with Crippen LogP contribution in [0.1, 0.15) is 27.0 Å². The van der Waals surface area contributed by atoms with Crippen LogP contribution in [0, 0.1) is 20.8 Å². The second kappa shape index (κ2) is 6.59. The summed E-state index contributed by atoms with van der Waals surface area (Å²) < 4.78 is 0. The molecule has 3 nitrogen and oxygen atoms in total. The Morgan fingerprint density at radius 1 is 1.00 bits per heavy atom. The topological polar surface area (TPSA) is 32.7 Å². The first kappa shape index (κ1) is 15.8. The fraction of sp³-hybridized carbons (Fsp3) is 0.263. The zero-order chi connectivity index (χ0) is 16.4. The van der Waals surface area contributed by atoms with Gasteiger partial charge in [-0.15, -0.1) is 0 Å². The van der Waals surface area contributed by atoms with Crippen molar-refractivity contribution in [2.24, 2.45) is 4.99 Å². The van der Waals surface area contributed by atoms with Gasteiger partial charge in [0.25, 0.3) is 5.91 Å². The molecule has 0 aliphatic carbocycles. The van der Waals surface area contributed by atoms with Crippen LogP contribution in [-0.4, -0.2) is 28.3 Å². The van der Waals surface area contributed by atoms with E-state index >= 15 is 0 Å². The Morgan fingerprint density at radius 3 is 2.35 bits per heavy atom. The third-order valence-corrected chi connectivity index (χ3v) is 5.00. The quantitative estimate of drug-likeness (QED) is 0.815. The van der Waals surface area contributed by atoms with Crippen molar-refractivity contribution < 1.29 is 4.79 Å². The molecule has 23 heavy (non-hydrogen) atoms. The van der Waals surface area contributed by atoms with Crippen molar-refractivity contribution in [3.8, 4) is 0 Å². The number of carbonyl (C=O) groups excluding carboxylic acids is 1. The minimum atomic E-state index is 0.0399. The van der Waals surface area contributed by atoms with Crippen LogP contribution in [0.5, 0.6) is 0 Å². The maximum atomic E-state index is 12.9. The molecule has 0 bridgehead atoms. The Morgan fingerprint density at radius 2 is 1.65 bits per heavy atom. The number of amides is 1. The van der Waals surface area contributed by atoms with Crippen LogP contribution in [0.4, 0.5) is 5.69 Å². The molecule has 0 N–H and O–H groups in total. The molecule has 0 radical (unpaired) electrons. The van der Waals surface area contributed by atoms with Crippen LogP contribution in [0.25, 0.3) is 0 Å². The number of hydrogen-bond acceptors (Lipinski definition) is 3. The molecule has 1 aliphatic rings. The van der Waals surface area contributed by atoms with Crippen LogP contribution in [-0.2, 0) is 0 Å². The van der Waals surface area contributed by atoms with Crippen LogP contribution in [0.3, 0.4) is 0 Å². The van der Waals surface area contributed by atoms with Gasteiger partial charge >= 0.3 is 0 Å². The summed E-state index contributed by atoms with van der Waals surface area (Å²) in [6, 6.07) is 13.9. The molecule has 0 atom stereocenters. The molecular formula is C19H20N2OS. The van der Waals surface area contributed by atoms with E-state index in [0.717, 1.165) is 38.9 Å². The number of nitrogens with zero attached hydrogens (tertiary/aromatic N) is 2. The number of rotatable bonds is 2. The van der Waals surface area contributed by atoms with Gasteiger partial charge in [0.2, 0.25) is 0 Å². The molecule has 4 heteroatoms. The minimum Gasteiger partial charge on any atom is -0.286 e. The zero-order valence-electron chi connectivity index (χ0n) is 13.7. The van der Waals surface area contributed by atoms with Crippen molar-refractivity contribution >= 4 is 28.5 Å². The van der Waals surface area contributed by atoms with Crippen molar-refractivity contribution in [2.45, 2.75) is 20.8 Å². The summed E-state index contributed by atoms with van der Waals surface area (Å²) in [5, 5.41) is 0.802. The summed E-state index contributed by atoms with van der Waals surface area (Å²) in [6.07, 6.45) is 0. The van der Waals surface area contributed by atoms with E-state index in [1.807, 2.05) is 37.3 Å². The summed E-state index contributed by atoms with van der Waals surface area (Å²) >= 11 is 1.65. The lowest BCUT2D eigenvalue weighted by Gasteiger charge is -2.17. The second-order valence-corrected chi connectivity index (χ2v) is 6.82. The molecule has 0 saturated carbocycles. The standard InChI is InChI=1S/C19H20N2OS/c1-13-7-4-5-10-16(13)18(22)21-11-12-23-19(21)20-17-14(2)8-6-9-15(17)3/h4-10H,11-12H2,1-3H3. The molecule has 0 aromatic heterocycles. The summed E-state index contributed by atoms with van der Waals surface area (Å²) in [5.74, 6) is 0.930. The van der Waals surface area contributed by atoms with Gasteiger partial charge in [0.1, 0.15) is 0 Å². The van der Waals surface area contributed by atoms with E-state index in [1.165, 1.54) is 0 Å². The lowest BCUT2D eigenvalue weighted by Crippen LogP contribution is -2.32. The van der Waals surface area contributed by atoms with Crippen molar-refractivity contribution in [3.05, 3.63) is 64.7 Å². The van der Waals surface area contributed by atoms with Gasteiger partial charge in [0.05, 0.1) is 5.69 Å². The average molecular weight is 324 g/mol. The first-order valence-corrected chi connectivity index (χ1v) is 8.71. The number of para-hydroxylation sites is 1. The first-order valence-electron chi connectivity index (χ1n) is 7.73. The Kier molecular flexibility index (Phi) is 4.53. The average Bonchev–Trinajstić information content (AvgIpc) is 2.99. The van der Waals surface area contributed by atoms with Crippen molar-refractivity contribution in [1.29, 1.82) is 0 Å². The fourth-order valence-electron chi connectivity index (χ4n) is 2.72. The third-order valence-electron chi connectivity index (χ3n) is 4.04. The molecule has 2 aromatic rings. The van der Waals surface area contributed by atoms with Gasteiger partial charge in [0.15, 0.2) is 5.17 Å². The van der Waals surface area contributed by atoms with Gasteiger partial charge in [-0.1, -0.05) is 48.2 Å². The number of aryl methyl sites for hydroxylation is 3. The van der Waals surface area contributed by atoms with Gasteiger partial charge in [-0.3, -0.25) is 9.69 Å². The highest BCUT2D eigenvalue weighted by Crippen LogP contribution is 2.29. The molecule has 0 unspecified atom stereocenters. The zero-order valence-corrected chi connectivity index (χ0v) is 14.5. The maximum Gasteiger partial charge on any atom is 0.260 e. The Labute approximate surface area is 141 Å². The fourth-order valence-corrected chi connectivity index (χ4v) is 3.66. The lowest BCUT2D eigenvalue weighted by molar-refractivity contribution is 0.0859. The largest absolute Gasteiger partial charge is 0.286 e. The summed E-state index contributed by atoms with van der Waals surface area (Å²) in [7, 11) is 0. The van der Waals surface area contributed by atoms with Crippen LogP contribution >= 0.6 is 11.8 Å². The minimum absolute atomic E-state index is 0.0399. The monoisotopic (exact) mass is 324 g/mol. The molecule has 1 fully saturated rings. The molecule has 2 aromatic carbocycles. The number of benzene rings is 2. The van der Waals surface area contributed by atoms with Crippen molar-refractivity contribution in [3.63, 3.8) is 0 Å². The molecule has 1 heterocycles. The smallest absolute Gasteiger partial charge is 0.260 e. The normalized spacial score (nSPS) is 16.1. The van der Waals surface area contributed by atoms with Crippen LogP contribution in [0.15, 0.2) is 47.5 Å². The van der Waals surface area contributed by atoms with E-state index in [1.54, 1.807) is 16.7 Å². The first-order chi connectivity index (χ1) is 11.1. The predicted octanol–water partition coefficient (Wildman–Crippen LogP) is 4.49. The summed E-state index contributed by atoms with van der Waals surface area (Å²) in [6.45, 7) is 6.79. The second-order valence-electron chi connectivity index (χ2n) is 5.75. The Bertz CT molecular complexity index is 762. The highest BCUT2D eigenvalue weighted by Gasteiger charge is 2.27. The number of aliphatic imine (C=N–C) groups is 1. The molecule has 0 spiro atoms. The van der Waals surface area contributed by atoms with E-state index in [2.05, 4.69) is 26.0 Å². The third kappa shape index (κ3) is 3.17. The van der Waals surface area contributed by atoms with Crippen LogP contribution in [0.2, 0.25) is 0 Å². The molecule has 1 amide bonds. The van der Waals surface area contributed by atoms with Gasteiger partial charge in [0, 0.05) is 17.9 Å². The SMILES string of the molecule is Cc1ccccc1C(=O)N1CCSC1=Nc1c(C)cccc1C. The molecule has 1 aliphatic heterocycles. The van der Waals surface area contributed by atoms with E-state index in [9.17, 15) is 4.79 Å². The number of hydrogen-bond donors (Lipinski definition) is 0. The number of carbonyl (C=O) groups is 1. The van der Waals surface area contributed by atoms with Crippen molar-refractivity contribution in [2.75, 3.05) is 12.3 Å². The predicted molar refractivity (Wildman–Crippen MR) is 97.7 cm³/mol. The molecular weight excluding hydrogens is 304 g/mol. The summed E-state index contributed by atoms with van der Waals surface area (Å²) in [4.78, 5) is 19.5. The van der Waals surface area contributed by atoms with E-state index in [4.69, 9.17) is 4.99 Å². The maximum absolute atomic E-state index is 12.9. The number of amidine groups is 1. The van der Waals surface area contributed by atoms with Gasteiger partial charge < -0.3 is 0 Å². The molecule has 118 valence electrons. The number of thioether (sulfide) groups is 1. The van der Waals surface area contributed by atoms with Crippen LogP contribution < -0.4 is 0 Å². The van der Waals surface area contributed by atoms with Gasteiger partial charge in [-0.25, -0.2) is 4.99 Å². The lowest BCUT2D eigenvalue weighted by atomic mass is 10.1. The van der Waals surface area contributed by atoms with Crippen molar-refractivity contribution in [1.82, 2.24) is 4.90 Å². The highest BCUT2D eigenvalue weighted by atomic mass is 32.2. The summed E-state index contributed by atoms with van der Waals surface area (Å²) in [5.41, 5.74) is 4.99. The van der Waals surface area contributed by atoms with E-state index in [0.29, 0.717) is 6.54 Å². The highest BCUT2D eigenvalue weighted by molar-refractivity contribution is 8.14. The Balaban J connectivity index is 1.96.